The van der Waals surface area contributed by atoms with E-state index < -0.39 is 0 Å². The summed E-state index contributed by atoms with van der Waals surface area (Å²) in [4.78, 5) is 0. The molecule has 2 aromatic heterocycles. The first-order chi connectivity index (χ1) is 3.97. The summed E-state index contributed by atoms with van der Waals surface area (Å²) in [6, 6.07) is 0. The molecule has 40 valence electrons. The fourth-order valence-corrected chi connectivity index (χ4v) is 3.14. The van der Waals surface area contributed by atoms with Gasteiger partial charge in [0.2, 0.25) is 0 Å². The number of fused-ring (bicyclic) bond motifs is 1. The van der Waals surface area contributed by atoms with E-state index >= 15 is 0 Å². The van der Waals surface area contributed by atoms with Gasteiger partial charge in [-0.25, -0.2) is 0 Å². The van der Waals surface area contributed by atoms with Crippen molar-refractivity contribution in [2.75, 3.05) is 0 Å². The zero-order chi connectivity index (χ0) is 5.40. The van der Waals surface area contributed by atoms with E-state index in [0.29, 0.717) is 14.7 Å². The van der Waals surface area contributed by atoms with Crippen LogP contribution in [0.1, 0.15) is 0 Å². The van der Waals surface area contributed by atoms with Crippen molar-refractivity contribution in [3.63, 3.8) is 0 Å². The predicted molar refractivity (Wildman–Crippen MR) is 36.6 cm³/mol. The van der Waals surface area contributed by atoms with E-state index in [1.165, 1.54) is 9.65 Å². The number of thiophene rings is 1. The van der Waals surface area contributed by atoms with Crippen LogP contribution in [0.25, 0.3) is 9.65 Å². The molecule has 0 aliphatic rings. The van der Waals surface area contributed by atoms with Crippen molar-refractivity contribution >= 4 is 35.7 Å². The summed E-state index contributed by atoms with van der Waals surface area (Å²) in [5, 5.41) is 5.67. The van der Waals surface area contributed by atoms with E-state index in [9.17, 15) is 0 Å². The molecule has 0 amide bonds. The summed E-state index contributed by atoms with van der Waals surface area (Å²) in [6.07, 6.45) is 1.96. The topological polar surface area (TPSA) is 12.9 Å². The molecular formula is C5H3NSSe. The first-order valence-electron chi connectivity index (χ1n) is 2.23. The van der Waals surface area contributed by atoms with E-state index in [2.05, 4.69) is 14.7 Å². The molecule has 0 radical (unpaired) electrons. The molecule has 0 spiro atoms. The number of hydrogen-bond acceptors (Lipinski definition) is 2. The van der Waals surface area contributed by atoms with E-state index in [1.807, 2.05) is 6.20 Å². The third-order valence-electron chi connectivity index (χ3n) is 0.997. The maximum atomic E-state index is 4.16. The quantitative estimate of drug-likeness (QED) is 0.569. The van der Waals surface area contributed by atoms with E-state index in [4.69, 9.17) is 0 Å². The molecule has 1 nitrogen and oxygen atoms in total. The minimum atomic E-state index is 0.412. The molecule has 2 rings (SSSR count). The predicted octanol–water partition coefficient (Wildman–Crippen LogP) is 1.35. The molecule has 8 heavy (non-hydrogen) atoms. The summed E-state index contributed by atoms with van der Waals surface area (Å²) in [5.74, 6) is 0. The first-order valence-corrected chi connectivity index (χ1v) is 4.80. The normalized spacial score (nSPS) is 10.5. The van der Waals surface area contributed by atoms with E-state index in [0.717, 1.165) is 0 Å². The molecule has 0 atom stereocenters. The van der Waals surface area contributed by atoms with Gasteiger partial charge in [0.1, 0.15) is 0 Å². The van der Waals surface area contributed by atoms with Crippen LogP contribution in [0.2, 0.25) is 0 Å². The van der Waals surface area contributed by atoms with Gasteiger partial charge in [-0.15, -0.1) is 0 Å². The molecule has 0 saturated carbocycles. The van der Waals surface area contributed by atoms with Gasteiger partial charge in [0.15, 0.2) is 0 Å². The van der Waals surface area contributed by atoms with Gasteiger partial charge in [0.25, 0.3) is 0 Å². The van der Waals surface area contributed by atoms with Crippen molar-refractivity contribution in [1.29, 1.82) is 0 Å². The van der Waals surface area contributed by atoms with Crippen molar-refractivity contribution in [1.82, 2.24) is 3.98 Å². The number of rotatable bonds is 0. The summed E-state index contributed by atoms with van der Waals surface area (Å²) in [6.45, 7) is 0. The van der Waals surface area contributed by atoms with Crippen LogP contribution in [0.4, 0.5) is 0 Å². The maximum absolute atomic E-state index is 4.16. The molecule has 3 heteroatoms. The zero-order valence-corrected chi connectivity index (χ0v) is 6.53. The molecular weight excluding hydrogens is 185 g/mol. The Balaban J connectivity index is 3.06. The molecule has 2 aromatic rings. The summed E-state index contributed by atoms with van der Waals surface area (Å²) in [5.41, 5.74) is 0. The van der Waals surface area contributed by atoms with Crippen molar-refractivity contribution < 1.29 is 0 Å². The molecule has 0 saturated heterocycles. The summed E-state index contributed by atoms with van der Waals surface area (Å²) < 4.78 is 5.60. The second kappa shape index (κ2) is 1.69. The van der Waals surface area contributed by atoms with Crippen LogP contribution < -0.4 is 0 Å². The van der Waals surface area contributed by atoms with Gasteiger partial charge in [-0.3, -0.25) is 0 Å². The molecule has 0 N–H and O–H groups in total. The third-order valence-corrected chi connectivity index (χ3v) is 3.69. The Kier molecular flexibility index (Phi) is 1.00. The molecule has 0 fully saturated rings. The summed E-state index contributed by atoms with van der Waals surface area (Å²) in [7, 11) is 0. The second-order valence-corrected chi connectivity index (χ2v) is 4.01. The minimum absolute atomic E-state index is 0.412. The summed E-state index contributed by atoms with van der Waals surface area (Å²) >= 11 is 2.18. The van der Waals surface area contributed by atoms with Crippen LogP contribution in [-0.2, 0) is 0 Å². The van der Waals surface area contributed by atoms with E-state index in [-0.39, 0.29) is 0 Å². The molecule has 2 heterocycles. The third kappa shape index (κ3) is 0.558. The van der Waals surface area contributed by atoms with Crippen molar-refractivity contribution in [3.05, 3.63) is 17.0 Å². The average molecular weight is 188 g/mol. The Morgan fingerprint density at radius 3 is 3.38 bits per heavy atom. The molecule has 0 aromatic carbocycles. The Morgan fingerprint density at radius 1 is 1.50 bits per heavy atom. The van der Waals surface area contributed by atoms with Crippen LogP contribution in [0, 0.1) is 0 Å². The second-order valence-electron chi connectivity index (χ2n) is 1.52. The number of hydrogen-bond donors (Lipinski definition) is 0. The Labute approximate surface area is 57.0 Å². The monoisotopic (exact) mass is 189 g/mol. The van der Waals surface area contributed by atoms with Crippen LogP contribution in [0.3, 0.4) is 0 Å². The standard InChI is InChI=1S/C5H3NSSe/c1-4-2-7-3-5(4)8-6-1/h1-3H. The van der Waals surface area contributed by atoms with Crippen molar-refractivity contribution in [2.24, 2.45) is 0 Å². The molecule has 0 unspecified atom stereocenters. The number of nitrogens with zero attached hydrogens (tertiary/aromatic N) is 1. The zero-order valence-electron chi connectivity index (χ0n) is 4.00. The van der Waals surface area contributed by atoms with E-state index in [1.54, 1.807) is 11.3 Å². The van der Waals surface area contributed by atoms with Gasteiger partial charge in [-0.05, 0) is 0 Å². The van der Waals surface area contributed by atoms with Gasteiger partial charge in [-0.2, -0.15) is 0 Å². The fourth-order valence-electron chi connectivity index (χ4n) is 0.603. The first kappa shape index (κ1) is 4.74. The molecule has 0 bridgehead atoms. The van der Waals surface area contributed by atoms with Gasteiger partial charge < -0.3 is 0 Å². The van der Waals surface area contributed by atoms with Crippen molar-refractivity contribution in [2.45, 2.75) is 0 Å². The van der Waals surface area contributed by atoms with Crippen LogP contribution in [0.5, 0.6) is 0 Å². The van der Waals surface area contributed by atoms with Gasteiger partial charge >= 0.3 is 56.7 Å². The fraction of sp³-hybridized carbons (Fsp3) is 0. The molecule has 0 aliphatic carbocycles. The van der Waals surface area contributed by atoms with Crippen LogP contribution >= 0.6 is 11.3 Å². The van der Waals surface area contributed by atoms with Crippen molar-refractivity contribution in [3.8, 4) is 0 Å². The Bertz CT molecular complexity index is 234. The number of aromatic nitrogens is 1. The average Bonchev–Trinajstić information content (AvgIpc) is 2.15. The van der Waals surface area contributed by atoms with Crippen LogP contribution in [-0.4, -0.2) is 18.7 Å². The van der Waals surface area contributed by atoms with Crippen LogP contribution in [0.15, 0.2) is 17.0 Å². The van der Waals surface area contributed by atoms with Gasteiger partial charge in [0, 0.05) is 0 Å². The Hall–Kier alpha value is -0.111. The Morgan fingerprint density at radius 2 is 2.50 bits per heavy atom. The molecule has 0 aliphatic heterocycles. The van der Waals surface area contributed by atoms with Gasteiger partial charge in [0.05, 0.1) is 0 Å². The SMILES string of the molecule is c1n[se]c2cscc12. The van der Waals surface area contributed by atoms with Gasteiger partial charge in [-0.1, -0.05) is 0 Å².